The van der Waals surface area contributed by atoms with Crippen molar-refractivity contribution >= 4 is 16.5 Å². The number of benzene rings is 2. The molecule has 0 bridgehead atoms. The van der Waals surface area contributed by atoms with Gasteiger partial charge in [-0.3, -0.25) is 0 Å². The lowest BCUT2D eigenvalue weighted by Gasteiger charge is -2.12. The molecule has 1 saturated heterocycles. The first-order valence-corrected chi connectivity index (χ1v) is 6.76. The topological polar surface area (TPSA) is 24.1 Å². The lowest BCUT2D eigenvalue weighted by Crippen LogP contribution is -2.17. The Morgan fingerprint density at radius 2 is 2.00 bits per heavy atom. The summed E-state index contributed by atoms with van der Waals surface area (Å²) < 4.78 is 0. The van der Waals surface area contributed by atoms with Gasteiger partial charge in [0.1, 0.15) is 0 Å². The van der Waals surface area contributed by atoms with Gasteiger partial charge in [0.2, 0.25) is 0 Å². The summed E-state index contributed by atoms with van der Waals surface area (Å²) in [4.78, 5) is 0. The molecule has 94 valence electrons. The van der Waals surface area contributed by atoms with Crippen LogP contribution in [0, 0.1) is 12.8 Å². The molecule has 18 heavy (non-hydrogen) atoms. The highest BCUT2D eigenvalue weighted by atomic mass is 14.9. The van der Waals surface area contributed by atoms with Crippen molar-refractivity contribution in [2.45, 2.75) is 13.3 Å². The number of hydrogen-bond acceptors (Lipinski definition) is 2. The standard InChI is InChI=1S/C16H20N2/c1-12-2-3-15-9-16(5-4-14(15)8-12)18-11-13-6-7-17-10-13/h2-5,8-9,13,17-18H,6-7,10-11H2,1H3. The van der Waals surface area contributed by atoms with Crippen molar-refractivity contribution in [3.8, 4) is 0 Å². The van der Waals surface area contributed by atoms with Crippen LogP contribution in [0.25, 0.3) is 10.8 Å². The van der Waals surface area contributed by atoms with Crippen LogP contribution < -0.4 is 10.6 Å². The molecule has 0 saturated carbocycles. The van der Waals surface area contributed by atoms with Crippen LogP contribution in [-0.2, 0) is 0 Å². The minimum absolute atomic E-state index is 0.777. The first-order chi connectivity index (χ1) is 8.81. The largest absolute Gasteiger partial charge is 0.385 e. The highest BCUT2D eigenvalue weighted by Gasteiger charge is 2.13. The molecule has 0 radical (unpaired) electrons. The van der Waals surface area contributed by atoms with E-state index in [0.29, 0.717) is 0 Å². The summed E-state index contributed by atoms with van der Waals surface area (Å²) in [5.41, 5.74) is 2.55. The summed E-state index contributed by atoms with van der Waals surface area (Å²) in [7, 11) is 0. The fourth-order valence-corrected chi connectivity index (χ4v) is 2.63. The van der Waals surface area contributed by atoms with Crippen molar-refractivity contribution in [2.75, 3.05) is 25.0 Å². The highest BCUT2D eigenvalue weighted by Crippen LogP contribution is 2.21. The van der Waals surface area contributed by atoms with Crippen LogP contribution in [-0.4, -0.2) is 19.6 Å². The third kappa shape index (κ3) is 2.49. The fraction of sp³-hybridized carbons (Fsp3) is 0.375. The van der Waals surface area contributed by atoms with Crippen LogP contribution in [0.2, 0.25) is 0 Å². The average Bonchev–Trinajstić information content (AvgIpc) is 2.89. The Labute approximate surface area is 108 Å². The Kier molecular flexibility index (Phi) is 3.20. The molecular weight excluding hydrogens is 220 g/mol. The minimum Gasteiger partial charge on any atom is -0.385 e. The Bertz CT molecular complexity index is 542. The van der Waals surface area contributed by atoms with Crippen LogP contribution in [0.15, 0.2) is 36.4 Å². The number of anilines is 1. The summed E-state index contributed by atoms with van der Waals surface area (Å²) in [6.45, 7) is 5.53. The van der Waals surface area contributed by atoms with Crippen molar-refractivity contribution in [3.05, 3.63) is 42.0 Å². The molecule has 0 spiro atoms. The van der Waals surface area contributed by atoms with Crippen LogP contribution in [0.3, 0.4) is 0 Å². The van der Waals surface area contributed by atoms with Crippen LogP contribution in [0.4, 0.5) is 5.69 Å². The summed E-state index contributed by atoms with van der Waals surface area (Å²) >= 11 is 0. The van der Waals surface area contributed by atoms with Gasteiger partial charge < -0.3 is 10.6 Å². The number of rotatable bonds is 3. The molecule has 2 N–H and O–H groups in total. The van der Waals surface area contributed by atoms with Gasteiger partial charge in [0, 0.05) is 12.2 Å². The number of nitrogens with one attached hydrogen (secondary N) is 2. The molecule has 3 rings (SSSR count). The van der Waals surface area contributed by atoms with E-state index in [4.69, 9.17) is 0 Å². The van der Waals surface area contributed by atoms with Crippen molar-refractivity contribution < 1.29 is 0 Å². The van der Waals surface area contributed by atoms with Gasteiger partial charge in [0.15, 0.2) is 0 Å². The maximum absolute atomic E-state index is 3.55. The van der Waals surface area contributed by atoms with Gasteiger partial charge in [-0.15, -0.1) is 0 Å². The van der Waals surface area contributed by atoms with E-state index < -0.39 is 0 Å². The van der Waals surface area contributed by atoms with Gasteiger partial charge >= 0.3 is 0 Å². The van der Waals surface area contributed by atoms with E-state index in [1.807, 2.05) is 0 Å². The molecular formula is C16H20N2. The predicted octanol–water partition coefficient (Wildman–Crippen LogP) is 3.17. The van der Waals surface area contributed by atoms with Crippen LogP contribution in [0.5, 0.6) is 0 Å². The minimum atomic E-state index is 0.777. The number of fused-ring (bicyclic) bond motifs is 1. The molecule has 2 nitrogen and oxygen atoms in total. The molecule has 1 fully saturated rings. The molecule has 0 aliphatic carbocycles. The molecule has 1 aliphatic heterocycles. The smallest absolute Gasteiger partial charge is 0.0346 e. The summed E-state index contributed by atoms with van der Waals surface area (Å²) in [5, 5.41) is 9.60. The normalized spacial score (nSPS) is 19.3. The van der Waals surface area contributed by atoms with Crippen molar-refractivity contribution in [1.82, 2.24) is 5.32 Å². The zero-order valence-electron chi connectivity index (χ0n) is 10.9. The summed E-state index contributed by atoms with van der Waals surface area (Å²) in [6.07, 6.45) is 1.29. The molecule has 2 heteroatoms. The van der Waals surface area contributed by atoms with E-state index in [9.17, 15) is 0 Å². The second-order valence-electron chi connectivity index (χ2n) is 5.31. The predicted molar refractivity (Wildman–Crippen MR) is 78.2 cm³/mol. The molecule has 1 aliphatic rings. The van der Waals surface area contributed by atoms with Gasteiger partial charge in [0.25, 0.3) is 0 Å². The second-order valence-corrected chi connectivity index (χ2v) is 5.31. The maximum atomic E-state index is 3.55. The molecule has 1 unspecified atom stereocenters. The van der Waals surface area contributed by atoms with Crippen molar-refractivity contribution in [2.24, 2.45) is 5.92 Å². The zero-order valence-corrected chi connectivity index (χ0v) is 10.9. The molecule has 0 aromatic heterocycles. The van der Waals surface area contributed by atoms with Gasteiger partial charge in [-0.25, -0.2) is 0 Å². The molecule has 1 heterocycles. The van der Waals surface area contributed by atoms with E-state index >= 15 is 0 Å². The average molecular weight is 240 g/mol. The van der Waals surface area contributed by atoms with E-state index in [1.165, 1.54) is 35.0 Å². The molecule has 2 aromatic rings. The fourth-order valence-electron chi connectivity index (χ4n) is 2.63. The zero-order chi connectivity index (χ0) is 12.4. The third-order valence-electron chi connectivity index (χ3n) is 3.75. The Balaban J connectivity index is 1.74. The molecule has 1 atom stereocenters. The van der Waals surface area contributed by atoms with E-state index in [0.717, 1.165) is 19.0 Å². The van der Waals surface area contributed by atoms with Crippen LogP contribution in [0.1, 0.15) is 12.0 Å². The number of hydrogen-bond donors (Lipinski definition) is 2. The summed E-state index contributed by atoms with van der Waals surface area (Å²) in [6, 6.07) is 13.2. The van der Waals surface area contributed by atoms with Gasteiger partial charge in [-0.1, -0.05) is 29.8 Å². The van der Waals surface area contributed by atoms with Gasteiger partial charge in [-0.2, -0.15) is 0 Å². The quantitative estimate of drug-likeness (QED) is 0.861. The highest BCUT2D eigenvalue weighted by molar-refractivity contribution is 5.86. The lowest BCUT2D eigenvalue weighted by atomic mass is 10.1. The van der Waals surface area contributed by atoms with E-state index in [2.05, 4.69) is 54.0 Å². The van der Waals surface area contributed by atoms with Gasteiger partial charge in [0.05, 0.1) is 0 Å². The lowest BCUT2D eigenvalue weighted by molar-refractivity contribution is 0.615. The Morgan fingerprint density at radius 3 is 2.83 bits per heavy atom. The van der Waals surface area contributed by atoms with Crippen molar-refractivity contribution in [1.29, 1.82) is 0 Å². The monoisotopic (exact) mass is 240 g/mol. The SMILES string of the molecule is Cc1ccc2cc(NCC3CCNC3)ccc2c1. The van der Waals surface area contributed by atoms with E-state index in [-0.39, 0.29) is 0 Å². The summed E-state index contributed by atoms with van der Waals surface area (Å²) in [5.74, 6) is 0.777. The first kappa shape index (κ1) is 11.5. The number of aryl methyl sites for hydroxylation is 1. The van der Waals surface area contributed by atoms with E-state index in [1.54, 1.807) is 0 Å². The van der Waals surface area contributed by atoms with Crippen LogP contribution >= 0.6 is 0 Å². The Hall–Kier alpha value is -1.54. The Morgan fingerprint density at radius 1 is 1.17 bits per heavy atom. The van der Waals surface area contributed by atoms with Crippen molar-refractivity contribution in [3.63, 3.8) is 0 Å². The molecule has 0 amide bonds. The van der Waals surface area contributed by atoms with Gasteiger partial charge in [-0.05, 0) is 55.3 Å². The third-order valence-corrected chi connectivity index (χ3v) is 3.75. The second kappa shape index (κ2) is 4.99. The molecule has 2 aromatic carbocycles. The first-order valence-electron chi connectivity index (χ1n) is 6.76. The maximum Gasteiger partial charge on any atom is 0.0346 e.